The van der Waals surface area contributed by atoms with Gasteiger partial charge in [0.05, 0.1) is 11.0 Å². The van der Waals surface area contributed by atoms with E-state index in [2.05, 4.69) is 9.97 Å². The van der Waals surface area contributed by atoms with E-state index in [1.54, 1.807) is 31.3 Å². The topological polar surface area (TPSA) is 46.0 Å². The number of aromatic nitrogens is 2. The molecule has 1 aromatic carbocycles. The summed E-state index contributed by atoms with van der Waals surface area (Å²) in [6, 6.07) is 6.46. The SMILES string of the molecule is Cc1ccnc(Sc2ccc([C@H](C)O)cc2F)n1. The van der Waals surface area contributed by atoms with Crippen molar-refractivity contribution in [2.24, 2.45) is 0 Å². The Balaban J connectivity index is 2.24. The van der Waals surface area contributed by atoms with Crippen LogP contribution in [-0.2, 0) is 0 Å². The van der Waals surface area contributed by atoms with Crippen LogP contribution in [0.3, 0.4) is 0 Å². The first kappa shape index (κ1) is 13.0. The van der Waals surface area contributed by atoms with Crippen LogP contribution in [0.15, 0.2) is 40.5 Å². The molecule has 0 aliphatic carbocycles. The van der Waals surface area contributed by atoms with Gasteiger partial charge in [-0.25, -0.2) is 14.4 Å². The van der Waals surface area contributed by atoms with Crippen molar-refractivity contribution in [3.63, 3.8) is 0 Å². The molecule has 2 rings (SSSR count). The molecule has 1 N–H and O–H groups in total. The van der Waals surface area contributed by atoms with Crippen LogP contribution in [0.25, 0.3) is 0 Å². The van der Waals surface area contributed by atoms with E-state index in [4.69, 9.17) is 0 Å². The van der Waals surface area contributed by atoms with Crippen LogP contribution in [0.1, 0.15) is 24.3 Å². The minimum absolute atomic E-state index is 0.372. The first-order valence-electron chi connectivity index (χ1n) is 5.51. The molecule has 0 fully saturated rings. The molecule has 0 bridgehead atoms. The maximum atomic E-state index is 13.8. The predicted molar refractivity (Wildman–Crippen MR) is 67.9 cm³/mol. The van der Waals surface area contributed by atoms with Crippen LogP contribution in [0, 0.1) is 12.7 Å². The van der Waals surface area contributed by atoms with Gasteiger partial charge in [0.15, 0.2) is 5.16 Å². The molecular formula is C13H13FN2OS. The second-order valence-corrected chi connectivity index (χ2v) is 4.96. The summed E-state index contributed by atoms with van der Waals surface area (Å²) in [5.41, 5.74) is 1.40. The largest absolute Gasteiger partial charge is 0.389 e. The average Bonchev–Trinajstić information content (AvgIpc) is 2.31. The van der Waals surface area contributed by atoms with E-state index in [0.29, 0.717) is 15.6 Å². The predicted octanol–water partition coefficient (Wildman–Crippen LogP) is 3.13. The highest BCUT2D eigenvalue weighted by molar-refractivity contribution is 7.99. The molecule has 1 aromatic heterocycles. The van der Waals surface area contributed by atoms with Crippen molar-refractivity contribution < 1.29 is 9.50 Å². The molecule has 0 spiro atoms. The summed E-state index contributed by atoms with van der Waals surface area (Å²) in [6.45, 7) is 3.46. The van der Waals surface area contributed by atoms with Gasteiger partial charge in [-0.2, -0.15) is 0 Å². The van der Waals surface area contributed by atoms with Gasteiger partial charge in [0.25, 0.3) is 0 Å². The molecule has 0 saturated carbocycles. The van der Waals surface area contributed by atoms with E-state index < -0.39 is 6.10 Å². The summed E-state index contributed by atoms with van der Waals surface area (Å²) in [5.74, 6) is -0.372. The standard InChI is InChI=1S/C13H13FN2OS/c1-8-5-6-15-13(16-8)18-12-4-3-10(9(2)17)7-11(12)14/h3-7,9,17H,1-2H3/t9-/m0/s1. The molecule has 18 heavy (non-hydrogen) atoms. The van der Waals surface area contributed by atoms with Crippen molar-refractivity contribution in [2.75, 3.05) is 0 Å². The van der Waals surface area contributed by atoms with Gasteiger partial charge >= 0.3 is 0 Å². The lowest BCUT2D eigenvalue weighted by atomic mass is 10.1. The van der Waals surface area contributed by atoms with Gasteiger partial charge in [-0.1, -0.05) is 6.07 Å². The van der Waals surface area contributed by atoms with Crippen LogP contribution in [-0.4, -0.2) is 15.1 Å². The highest BCUT2D eigenvalue weighted by Crippen LogP contribution is 2.28. The van der Waals surface area contributed by atoms with Crippen LogP contribution in [0.5, 0.6) is 0 Å². The highest BCUT2D eigenvalue weighted by atomic mass is 32.2. The second-order valence-electron chi connectivity index (χ2n) is 3.95. The molecule has 0 saturated heterocycles. The summed E-state index contributed by atoms with van der Waals surface area (Å²) < 4.78 is 13.8. The Morgan fingerprint density at radius 1 is 1.33 bits per heavy atom. The molecule has 2 aromatic rings. The molecule has 94 valence electrons. The van der Waals surface area contributed by atoms with Crippen LogP contribution >= 0.6 is 11.8 Å². The number of aryl methyl sites for hydroxylation is 1. The lowest BCUT2D eigenvalue weighted by molar-refractivity contribution is 0.198. The highest BCUT2D eigenvalue weighted by Gasteiger charge is 2.09. The van der Waals surface area contributed by atoms with Gasteiger partial charge in [0.1, 0.15) is 5.82 Å². The Morgan fingerprint density at radius 2 is 2.11 bits per heavy atom. The van der Waals surface area contributed by atoms with Crippen molar-refractivity contribution in [2.45, 2.75) is 30.0 Å². The van der Waals surface area contributed by atoms with Gasteiger partial charge in [0, 0.05) is 11.9 Å². The molecule has 1 heterocycles. The van der Waals surface area contributed by atoms with E-state index >= 15 is 0 Å². The maximum Gasteiger partial charge on any atom is 0.192 e. The zero-order valence-corrected chi connectivity index (χ0v) is 10.9. The fourth-order valence-electron chi connectivity index (χ4n) is 1.43. The minimum Gasteiger partial charge on any atom is -0.389 e. The normalized spacial score (nSPS) is 12.4. The molecule has 0 aliphatic heterocycles. The number of aliphatic hydroxyl groups excluding tert-OH is 1. The number of nitrogens with zero attached hydrogens (tertiary/aromatic N) is 2. The average molecular weight is 264 g/mol. The van der Waals surface area contributed by atoms with Gasteiger partial charge in [-0.05, 0) is 49.4 Å². The summed E-state index contributed by atoms with van der Waals surface area (Å²) in [5, 5.41) is 9.88. The minimum atomic E-state index is -0.672. The summed E-state index contributed by atoms with van der Waals surface area (Å²) in [4.78, 5) is 8.72. The number of halogens is 1. The zero-order valence-electron chi connectivity index (χ0n) is 10.1. The monoisotopic (exact) mass is 264 g/mol. The number of benzene rings is 1. The number of hydrogen-bond acceptors (Lipinski definition) is 4. The summed E-state index contributed by atoms with van der Waals surface area (Å²) in [7, 11) is 0. The Kier molecular flexibility index (Phi) is 3.93. The summed E-state index contributed by atoms with van der Waals surface area (Å²) in [6.07, 6.45) is 0.973. The molecule has 5 heteroatoms. The third-order valence-electron chi connectivity index (χ3n) is 2.41. The molecular weight excluding hydrogens is 251 g/mol. The van der Waals surface area contributed by atoms with E-state index in [1.165, 1.54) is 17.8 Å². The molecule has 0 amide bonds. The molecule has 1 atom stereocenters. The van der Waals surface area contributed by atoms with Crippen LogP contribution < -0.4 is 0 Å². The van der Waals surface area contributed by atoms with E-state index in [-0.39, 0.29) is 5.82 Å². The van der Waals surface area contributed by atoms with Gasteiger partial charge < -0.3 is 5.11 Å². The fraction of sp³-hybridized carbons (Fsp3) is 0.231. The van der Waals surface area contributed by atoms with E-state index in [0.717, 1.165) is 5.69 Å². The van der Waals surface area contributed by atoms with Crippen molar-refractivity contribution in [1.82, 2.24) is 9.97 Å². The van der Waals surface area contributed by atoms with Crippen molar-refractivity contribution in [1.29, 1.82) is 0 Å². The third kappa shape index (κ3) is 3.05. The number of hydrogen-bond donors (Lipinski definition) is 1. The quantitative estimate of drug-likeness (QED) is 0.865. The molecule has 3 nitrogen and oxygen atoms in total. The lowest BCUT2D eigenvalue weighted by Crippen LogP contribution is -1.94. The fourth-order valence-corrected chi connectivity index (χ4v) is 2.23. The lowest BCUT2D eigenvalue weighted by Gasteiger charge is -2.07. The first-order chi connectivity index (χ1) is 8.56. The smallest absolute Gasteiger partial charge is 0.192 e. The molecule has 0 aliphatic rings. The second kappa shape index (κ2) is 5.46. The maximum absolute atomic E-state index is 13.8. The molecule has 0 radical (unpaired) electrons. The Morgan fingerprint density at radius 3 is 2.72 bits per heavy atom. The third-order valence-corrected chi connectivity index (χ3v) is 3.34. The Hall–Kier alpha value is -1.46. The summed E-state index contributed by atoms with van der Waals surface area (Å²) >= 11 is 1.17. The Labute approximate surface area is 109 Å². The van der Waals surface area contributed by atoms with Gasteiger partial charge in [-0.3, -0.25) is 0 Å². The number of aliphatic hydroxyl groups is 1. The van der Waals surface area contributed by atoms with E-state index in [1.807, 2.05) is 6.92 Å². The Bertz CT molecular complexity index is 560. The van der Waals surface area contributed by atoms with Crippen molar-refractivity contribution in [3.8, 4) is 0 Å². The van der Waals surface area contributed by atoms with Crippen LogP contribution in [0.2, 0.25) is 0 Å². The van der Waals surface area contributed by atoms with Gasteiger partial charge in [0.2, 0.25) is 0 Å². The zero-order chi connectivity index (χ0) is 13.1. The number of rotatable bonds is 3. The first-order valence-corrected chi connectivity index (χ1v) is 6.33. The van der Waals surface area contributed by atoms with Crippen molar-refractivity contribution >= 4 is 11.8 Å². The van der Waals surface area contributed by atoms with Crippen molar-refractivity contribution in [3.05, 3.63) is 47.5 Å². The van der Waals surface area contributed by atoms with E-state index in [9.17, 15) is 9.50 Å². The van der Waals surface area contributed by atoms with Crippen LogP contribution in [0.4, 0.5) is 4.39 Å². The van der Waals surface area contributed by atoms with Gasteiger partial charge in [-0.15, -0.1) is 0 Å². The molecule has 0 unspecified atom stereocenters.